The summed E-state index contributed by atoms with van der Waals surface area (Å²) >= 11 is 0. The number of hydrogen-bond donors (Lipinski definition) is 1. The molecule has 0 saturated carbocycles. The number of aromatic amines is 1. The van der Waals surface area contributed by atoms with Crippen LogP contribution in [-0.4, -0.2) is 48.9 Å². The average molecular weight is 361 g/mol. The van der Waals surface area contributed by atoms with E-state index in [1.807, 2.05) is 0 Å². The van der Waals surface area contributed by atoms with Gasteiger partial charge in [0.15, 0.2) is 5.78 Å². The second-order valence-electron chi connectivity index (χ2n) is 9.08. The summed E-state index contributed by atoms with van der Waals surface area (Å²) in [5.41, 5.74) is 5.73. The highest BCUT2D eigenvalue weighted by atomic mass is 16.1. The maximum atomic E-state index is 13.2. The summed E-state index contributed by atoms with van der Waals surface area (Å²) in [6.07, 6.45) is 1.59. The summed E-state index contributed by atoms with van der Waals surface area (Å²) in [6, 6.07) is 10.7. The minimum absolute atomic E-state index is 0.0310. The molecule has 5 rings (SSSR count). The van der Waals surface area contributed by atoms with Crippen LogP contribution in [0, 0.1) is 5.41 Å². The van der Waals surface area contributed by atoms with Gasteiger partial charge in [0.1, 0.15) is 0 Å². The molecule has 1 saturated heterocycles. The zero-order valence-electron chi connectivity index (χ0n) is 16.4. The van der Waals surface area contributed by atoms with Crippen molar-refractivity contribution in [2.24, 2.45) is 5.41 Å². The van der Waals surface area contributed by atoms with Crippen molar-refractivity contribution in [3.05, 3.63) is 41.5 Å². The predicted molar refractivity (Wildman–Crippen MR) is 112 cm³/mol. The van der Waals surface area contributed by atoms with Gasteiger partial charge < -0.3 is 14.8 Å². The van der Waals surface area contributed by atoms with Gasteiger partial charge in [-0.05, 0) is 36.6 Å². The zero-order chi connectivity index (χ0) is 18.8. The van der Waals surface area contributed by atoms with Crippen LogP contribution >= 0.6 is 0 Å². The van der Waals surface area contributed by atoms with Crippen LogP contribution in [0.2, 0.25) is 0 Å². The Labute approximate surface area is 160 Å². The number of likely N-dealkylation sites (N-methyl/N-ethyl adjacent to an activating group) is 1. The number of fused-ring (bicyclic) bond motifs is 5. The van der Waals surface area contributed by atoms with E-state index in [1.54, 1.807) is 0 Å². The molecule has 0 radical (unpaired) electrons. The average Bonchev–Trinajstić information content (AvgIpc) is 3.00. The van der Waals surface area contributed by atoms with E-state index in [9.17, 15) is 4.79 Å². The Bertz CT molecular complexity index is 1050. The van der Waals surface area contributed by atoms with Crippen molar-refractivity contribution in [1.82, 2.24) is 9.88 Å². The first-order valence-corrected chi connectivity index (χ1v) is 9.96. The molecule has 2 aromatic carbocycles. The van der Waals surface area contributed by atoms with Gasteiger partial charge in [0.05, 0.1) is 11.2 Å². The van der Waals surface area contributed by atoms with Crippen LogP contribution in [0.25, 0.3) is 21.8 Å². The topological polar surface area (TPSA) is 39.3 Å². The molecule has 0 bridgehead atoms. The zero-order valence-corrected chi connectivity index (χ0v) is 16.4. The maximum Gasteiger partial charge on any atom is 0.164 e. The van der Waals surface area contributed by atoms with Crippen LogP contribution in [0.5, 0.6) is 0 Å². The third kappa shape index (κ3) is 2.66. The molecule has 1 aromatic heterocycles. The van der Waals surface area contributed by atoms with Crippen molar-refractivity contribution in [3.63, 3.8) is 0 Å². The van der Waals surface area contributed by atoms with Crippen molar-refractivity contribution < 1.29 is 4.79 Å². The fourth-order valence-corrected chi connectivity index (χ4v) is 4.92. The first-order valence-electron chi connectivity index (χ1n) is 9.96. The number of nitrogens with zero attached hydrogens (tertiary/aromatic N) is 2. The van der Waals surface area contributed by atoms with Crippen LogP contribution in [0.1, 0.15) is 36.2 Å². The van der Waals surface area contributed by atoms with Gasteiger partial charge in [-0.2, -0.15) is 0 Å². The lowest BCUT2D eigenvalue weighted by molar-refractivity contribution is 0.0914. The van der Waals surface area contributed by atoms with Crippen molar-refractivity contribution in [1.29, 1.82) is 0 Å². The molecule has 1 fully saturated rings. The summed E-state index contributed by atoms with van der Waals surface area (Å²) in [4.78, 5) is 21.7. The lowest BCUT2D eigenvalue weighted by atomic mass is 9.72. The van der Waals surface area contributed by atoms with Crippen LogP contribution in [-0.2, 0) is 6.42 Å². The van der Waals surface area contributed by atoms with Gasteiger partial charge in [-0.15, -0.1) is 0 Å². The lowest BCUT2D eigenvalue weighted by Crippen LogP contribution is -2.44. The quantitative estimate of drug-likeness (QED) is 0.705. The minimum Gasteiger partial charge on any atom is -0.367 e. The van der Waals surface area contributed by atoms with E-state index in [2.05, 4.69) is 66.0 Å². The van der Waals surface area contributed by atoms with Crippen LogP contribution in [0.4, 0.5) is 5.69 Å². The largest absolute Gasteiger partial charge is 0.367 e. The highest BCUT2D eigenvalue weighted by Gasteiger charge is 2.34. The Morgan fingerprint density at radius 1 is 1.04 bits per heavy atom. The van der Waals surface area contributed by atoms with Crippen molar-refractivity contribution in [2.75, 3.05) is 38.1 Å². The standard InChI is InChI=1S/C23H27N3O/c1-23(2)13-15-12-18(26-10-8-25(3)9-11-26)22-21(20(15)19(27)14-23)16-6-4-5-7-17(16)24-22/h4-7,12,24H,8-11,13-14H2,1-3H3. The molecule has 3 aromatic rings. The molecular weight excluding hydrogens is 334 g/mol. The van der Waals surface area contributed by atoms with Gasteiger partial charge in [-0.3, -0.25) is 4.79 Å². The normalized spacial score (nSPS) is 20.4. The molecular formula is C23H27N3O. The number of rotatable bonds is 1. The van der Waals surface area contributed by atoms with E-state index in [0.29, 0.717) is 12.2 Å². The van der Waals surface area contributed by atoms with Crippen LogP contribution < -0.4 is 4.90 Å². The highest BCUT2D eigenvalue weighted by molar-refractivity contribution is 6.22. The summed E-state index contributed by atoms with van der Waals surface area (Å²) in [5.74, 6) is 0.293. The fourth-order valence-electron chi connectivity index (χ4n) is 4.92. The predicted octanol–water partition coefficient (Wildman–Crippen LogP) is 4.23. The first-order chi connectivity index (χ1) is 12.9. The molecule has 1 N–H and O–H groups in total. The van der Waals surface area contributed by atoms with Crippen LogP contribution in [0.3, 0.4) is 0 Å². The van der Waals surface area contributed by atoms with Gasteiger partial charge in [0, 0.05) is 54.5 Å². The SMILES string of the molecule is CN1CCN(c2cc3c(c4c2[nH]c2ccccc24)C(=O)CC(C)(C)C3)CC1. The second kappa shape index (κ2) is 5.83. The Morgan fingerprint density at radius 2 is 1.78 bits per heavy atom. The molecule has 0 spiro atoms. The summed E-state index contributed by atoms with van der Waals surface area (Å²) in [7, 11) is 2.18. The molecule has 140 valence electrons. The number of para-hydroxylation sites is 1. The van der Waals surface area contributed by atoms with Crippen molar-refractivity contribution in [2.45, 2.75) is 26.7 Å². The smallest absolute Gasteiger partial charge is 0.164 e. The van der Waals surface area contributed by atoms with E-state index < -0.39 is 0 Å². The molecule has 4 nitrogen and oxygen atoms in total. The summed E-state index contributed by atoms with van der Waals surface area (Å²) < 4.78 is 0. The third-order valence-electron chi connectivity index (χ3n) is 6.28. The van der Waals surface area contributed by atoms with E-state index in [1.165, 1.54) is 16.6 Å². The number of Topliss-reactive ketones (excluding diaryl/α,β-unsaturated/α-hetero) is 1. The number of nitrogens with one attached hydrogen (secondary N) is 1. The number of aromatic nitrogens is 1. The number of anilines is 1. The lowest BCUT2D eigenvalue weighted by Gasteiger charge is -2.36. The number of hydrogen-bond acceptors (Lipinski definition) is 3. The molecule has 27 heavy (non-hydrogen) atoms. The van der Waals surface area contributed by atoms with Gasteiger partial charge in [-0.1, -0.05) is 32.0 Å². The maximum absolute atomic E-state index is 13.2. The summed E-state index contributed by atoms with van der Waals surface area (Å²) in [6.45, 7) is 8.62. The molecule has 4 heteroatoms. The third-order valence-corrected chi connectivity index (χ3v) is 6.28. The second-order valence-corrected chi connectivity index (χ2v) is 9.08. The molecule has 0 atom stereocenters. The van der Waals surface area contributed by atoms with E-state index >= 15 is 0 Å². The molecule has 0 amide bonds. The van der Waals surface area contributed by atoms with E-state index in [4.69, 9.17) is 0 Å². The minimum atomic E-state index is 0.0310. The Morgan fingerprint density at radius 3 is 2.56 bits per heavy atom. The monoisotopic (exact) mass is 361 g/mol. The Hall–Kier alpha value is -2.33. The number of H-pyrrole nitrogens is 1. The molecule has 2 heterocycles. The number of carbonyl (C=O) groups is 1. The molecule has 1 aliphatic carbocycles. The molecule has 1 aliphatic heterocycles. The van der Waals surface area contributed by atoms with Crippen LogP contribution in [0.15, 0.2) is 30.3 Å². The number of carbonyl (C=O) groups excluding carboxylic acids is 1. The van der Waals surface area contributed by atoms with Crippen molar-refractivity contribution >= 4 is 33.3 Å². The number of ketones is 1. The van der Waals surface area contributed by atoms with Gasteiger partial charge in [-0.25, -0.2) is 0 Å². The van der Waals surface area contributed by atoms with Crippen molar-refractivity contribution in [3.8, 4) is 0 Å². The number of piperazine rings is 1. The number of benzene rings is 2. The Kier molecular flexibility index (Phi) is 3.63. The first kappa shape index (κ1) is 16.8. The van der Waals surface area contributed by atoms with Gasteiger partial charge >= 0.3 is 0 Å². The Balaban J connectivity index is 1.81. The fraction of sp³-hybridized carbons (Fsp3) is 0.435. The van der Waals surface area contributed by atoms with E-state index in [0.717, 1.165) is 54.6 Å². The molecule has 0 unspecified atom stereocenters. The van der Waals surface area contributed by atoms with Gasteiger partial charge in [0.2, 0.25) is 0 Å². The van der Waals surface area contributed by atoms with E-state index in [-0.39, 0.29) is 5.41 Å². The highest BCUT2D eigenvalue weighted by Crippen LogP contribution is 2.43. The van der Waals surface area contributed by atoms with Gasteiger partial charge in [0.25, 0.3) is 0 Å². The summed E-state index contributed by atoms with van der Waals surface area (Å²) in [5, 5.41) is 2.31. The molecule has 2 aliphatic rings.